The van der Waals surface area contributed by atoms with E-state index in [4.69, 9.17) is 4.42 Å². The van der Waals surface area contributed by atoms with Crippen molar-refractivity contribution in [2.24, 2.45) is 4.99 Å². The van der Waals surface area contributed by atoms with E-state index < -0.39 is 0 Å². The van der Waals surface area contributed by atoms with Gasteiger partial charge in [-0.1, -0.05) is 48.5 Å². The average Bonchev–Trinajstić information content (AvgIpc) is 2.48. The number of hydrogen-bond acceptors (Lipinski definition) is 2. The molecule has 0 radical (unpaired) electrons. The molecule has 2 heteroatoms. The molecule has 0 bridgehead atoms. The fourth-order valence-electron chi connectivity index (χ4n) is 2.42. The first kappa shape index (κ1) is 11.7. The zero-order valence-corrected chi connectivity index (χ0v) is 11.1. The molecule has 2 aromatic carbocycles. The van der Waals surface area contributed by atoms with Crippen LogP contribution in [-0.2, 0) is 0 Å². The van der Waals surface area contributed by atoms with Crippen molar-refractivity contribution in [1.82, 2.24) is 0 Å². The summed E-state index contributed by atoms with van der Waals surface area (Å²) < 4.78 is 5.91. The Bertz CT molecular complexity index is 785. The maximum atomic E-state index is 5.91. The largest absolute Gasteiger partial charge is 0.438 e. The van der Waals surface area contributed by atoms with Gasteiger partial charge in [0.2, 0.25) is 5.55 Å². The van der Waals surface area contributed by atoms with E-state index in [1.165, 1.54) is 5.56 Å². The van der Waals surface area contributed by atoms with Gasteiger partial charge in [-0.05, 0) is 24.1 Å². The summed E-state index contributed by atoms with van der Waals surface area (Å²) in [6, 6.07) is 18.3. The van der Waals surface area contributed by atoms with Gasteiger partial charge in [-0.2, -0.15) is 0 Å². The summed E-state index contributed by atoms with van der Waals surface area (Å²) in [4.78, 5) is 4.29. The molecule has 0 atom stereocenters. The molecule has 0 N–H and O–H groups in total. The summed E-state index contributed by atoms with van der Waals surface area (Å²) in [6.45, 7) is 2.12. The predicted molar refractivity (Wildman–Crippen MR) is 77.9 cm³/mol. The summed E-state index contributed by atoms with van der Waals surface area (Å²) >= 11 is 0. The highest BCUT2D eigenvalue weighted by Gasteiger charge is 2.10. The highest BCUT2D eigenvalue weighted by Crippen LogP contribution is 2.26. The Morgan fingerprint density at radius 2 is 1.58 bits per heavy atom. The van der Waals surface area contributed by atoms with Crippen LogP contribution in [0, 0.1) is 6.92 Å². The molecule has 0 spiro atoms. The van der Waals surface area contributed by atoms with Gasteiger partial charge in [-0.3, -0.25) is 4.99 Å². The second-order valence-electron chi connectivity index (χ2n) is 4.49. The summed E-state index contributed by atoms with van der Waals surface area (Å²) in [7, 11) is 1.76. The van der Waals surface area contributed by atoms with E-state index in [9.17, 15) is 0 Å². The van der Waals surface area contributed by atoms with Crippen molar-refractivity contribution >= 4 is 11.0 Å². The molecule has 0 saturated carbocycles. The van der Waals surface area contributed by atoms with E-state index in [0.29, 0.717) is 5.55 Å². The SMILES string of the molecule is CN=c1oc2ccccc2c(C)c1-c1ccccc1. The topological polar surface area (TPSA) is 25.5 Å². The molecule has 0 aliphatic carbocycles. The minimum absolute atomic E-state index is 0.683. The molecule has 0 aliphatic rings. The van der Waals surface area contributed by atoms with Gasteiger partial charge in [-0.25, -0.2) is 0 Å². The van der Waals surface area contributed by atoms with Crippen LogP contribution in [0.5, 0.6) is 0 Å². The van der Waals surface area contributed by atoms with Gasteiger partial charge in [0.1, 0.15) is 5.58 Å². The number of hydrogen-bond donors (Lipinski definition) is 0. The number of benzene rings is 2. The smallest absolute Gasteiger partial charge is 0.222 e. The van der Waals surface area contributed by atoms with Gasteiger partial charge in [0, 0.05) is 18.0 Å². The van der Waals surface area contributed by atoms with Crippen molar-refractivity contribution < 1.29 is 4.42 Å². The van der Waals surface area contributed by atoms with E-state index in [2.05, 4.69) is 30.1 Å². The third-order valence-corrected chi connectivity index (χ3v) is 3.35. The van der Waals surface area contributed by atoms with Crippen molar-refractivity contribution in [1.29, 1.82) is 0 Å². The number of para-hydroxylation sites is 1. The molecule has 19 heavy (non-hydrogen) atoms. The monoisotopic (exact) mass is 249 g/mol. The lowest BCUT2D eigenvalue weighted by Crippen LogP contribution is -2.08. The lowest BCUT2D eigenvalue weighted by molar-refractivity contribution is 0.543. The van der Waals surface area contributed by atoms with Crippen LogP contribution >= 0.6 is 0 Å². The summed E-state index contributed by atoms with van der Waals surface area (Å²) in [5.41, 5.74) is 4.97. The molecule has 1 aromatic heterocycles. The minimum Gasteiger partial charge on any atom is -0.438 e. The van der Waals surface area contributed by atoms with Crippen molar-refractivity contribution in [3.05, 3.63) is 65.7 Å². The number of rotatable bonds is 1. The molecule has 94 valence electrons. The number of fused-ring (bicyclic) bond motifs is 1. The molecule has 1 heterocycles. The molecule has 0 saturated heterocycles. The molecule has 0 aliphatic heterocycles. The first-order valence-corrected chi connectivity index (χ1v) is 6.32. The van der Waals surface area contributed by atoms with Crippen LogP contribution in [-0.4, -0.2) is 7.05 Å². The predicted octanol–water partition coefficient (Wildman–Crippen LogP) is 3.94. The van der Waals surface area contributed by atoms with Crippen LogP contribution < -0.4 is 5.55 Å². The molecule has 0 amide bonds. The number of nitrogens with zero attached hydrogens (tertiary/aromatic N) is 1. The van der Waals surface area contributed by atoms with Gasteiger partial charge in [-0.15, -0.1) is 0 Å². The lowest BCUT2D eigenvalue weighted by atomic mass is 9.99. The standard InChI is InChI=1S/C17H15NO/c1-12-14-10-6-7-11-15(14)19-17(18-2)16(12)13-8-4-3-5-9-13/h3-11H,1-2H3. The second-order valence-corrected chi connectivity index (χ2v) is 4.49. The van der Waals surface area contributed by atoms with Gasteiger partial charge >= 0.3 is 0 Å². The fourth-order valence-corrected chi connectivity index (χ4v) is 2.42. The molecular formula is C17H15NO. The first-order chi connectivity index (χ1) is 9.31. The quantitative estimate of drug-likeness (QED) is 0.641. The van der Waals surface area contributed by atoms with E-state index in [1.807, 2.05) is 36.4 Å². The van der Waals surface area contributed by atoms with Crippen molar-refractivity contribution in [3.8, 4) is 11.1 Å². The van der Waals surface area contributed by atoms with Crippen LogP contribution in [0.25, 0.3) is 22.1 Å². The van der Waals surface area contributed by atoms with Crippen molar-refractivity contribution in [3.63, 3.8) is 0 Å². The molecular weight excluding hydrogens is 234 g/mol. The number of aryl methyl sites for hydroxylation is 1. The molecule has 0 unspecified atom stereocenters. The van der Waals surface area contributed by atoms with E-state index in [-0.39, 0.29) is 0 Å². The Balaban J connectivity index is 2.45. The molecule has 3 rings (SSSR count). The first-order valence-electron chi connectivity index (χ1n) is 6.32. The van der Waals surface area contributed by atoms with E-state index in [1.54, 1.807) is 7.05 Å². The normalized spacial score (nSPS) is 12.0. The van der Waals surface area contributed by atoms with E-state index in [0.717, 1.165) is 22.1 Å². The van der Waals surface area contributed by atoms with Gasteiger partial charge in [0.05, 0.1) is 0 Å². The van der Waals surface area contributed by atoms with Crippen LogP contribution in [0.3, 0.4) is 0 Å². The highest BCUT2D eigenvalue weighted by molar-refractivity contribution is 5.86. The van der Waals surface area contributed by atoms with Gasteiger partial charge < -0.3 is 4.42 Å². The average molecular weight is 249 g/mol. The third kappa shape index (κ3) is 1.95. The highest BCUT2D eigenvalue weighted by atomic mass is 16.3. The zero-order valence-electron chi connectivity index (χ0n) is 11.1. The second kappa shape index (κ2) is 4.73. The molecule has 3 aromatic rings. The Morgan fingerprint density at radius 1 is 0.895 bits per heavy atom. The molecule has 0 fully saturated rings. The Morgan fingerprint density at radius 3 is 2.32 bits per heavy atom. The Labute approximate surface area is 112 Å². The minimum atomic E-state index is 0.683. The summed E-state index contributed by atoms with van der Waals surface area (Å²) in [6.07, 6.45) is 0. The molecule has 2 nitrogen and oxygen atoms in total. The van der Waals surface area contributed by atoms with Crippen LogP contribution in [0.15, 0.2) is 64.0 Å². The Kier molecular flexibility index (Phi) is 2.92. The third-order valence-electron chi connectivity index (χ3n) is 3.35. The lowest BCUT2D eigenvalue weighted by Gasteiger charge is -2.09. The van der Waals surface area contributed by atoms with Crippen molar-refractivity contribution in [2.75, 3.05) is 7.05 Å². The Hall–Kier alpha value is -2.35. The van der Waals surface area contributed by atoms with Crippen LogP contribution in [0.2, 0.25) is 0 Å². The van der Waals surface area contributed by atoms with Crippen LogP contribution in [0.1, 0.15) is 5.56 Å². The zero-order chi connectivity index (χ0) is 13.2. The van der Waals surface area contributed by atoms with Crippen LogP contribution in [0.4, 0.5) is 0 Å². The fraction of sp³-hybridized carbons (Fsp3) is 0.118. The maximum Gasteiger partial charge on any atom is 0.222 e. The van der Waals surface area contributed by atoms with Gasteiger partial charge in [0.15, 0.2) is 0 Å². The van der Waals surface area contributed by atoms with E-state index >= 15 is 0 Å². The summed E-state index contributed by atoms with van der Waals surface area (Å²) in [5, 5.41) is 1.13. The van der Waals surface area contributed by atoms with Crippen molar-refractivity contribution in [2.45, 2.75) is 6.92 Å². The summed E-state index contributed by atoms with van der Waals surface area (Å²) in [5.74, 6) is 0. The maximum absolute atomic E-state index is 5.91. The van der Waals surface area contributed by atoms with Gasteiger partial charge in [0.25, 0.3) is 0 Å².